The number of benzene rings is 1. The second-order valence-corrected chi connectivity index (χ2v) is 6.19. The maximum atomic E-state index is 12.1. The number of imidazole rings is 1. The minimum atomic E-state index is -0.319. The van der Waals surface area contributed by atoms with Gasteiger partial charge in [0.05, 0.1) is 11.4 Å². The number of aromatic amines is 1. The van der Waals surface area contributed by atoms with Gasteiger partial charge in [-0.15, -0.1) is 0 Å². The zero-order valence-electron chi connectivity index (χ0n) is 11.8. The van der Waals surface area contributed by atoms with E-state index >= 15 is 0 Å². The van der Waals surface area contributed by atoms with Crippen LogP contribution >= 0.6 is 11.6 Å². The predicted molar refractivity (Wildman–Crippen MR) is 83.3 cm³/mol. The molecule has 1 fully saturated rings. The van der Waals surface area contributed by atoms with Crippen LogP contribution in [0, 0.1) is 5.92 Å². The first-order chi connectivity index (χ1) is 10.1. The lowest BCUT2D eigenvalue weighted by molar-refractivity contribution is 0.347. The zero-order valence-corrected chi connectivity index (χ0v) is 12.6. The molecule has 21 heavy (non-hydrogen) atoms. The summed E-state index contributed by atoms with van der Waals surface area (Å²) in [5, 5.41) is 10.9. The molecule has 0 radical (unpaired) electrons. The Morgan fingerprint density at radius 3 is 2.76 bits per heavy atom. The fraction of sp³-hybridized carbons (Fsp3) is 0.438. The van der Waals surface area contributed by atoms with E-state index < -0.39 is 0 Å². The summed E-state index contributed by atoms with van der Waals surface area (Å²) in [5.41, 5.74) is 0.892. The first-order valence-corrected chi connectivity index (χ1v) is 7.82. The summed E-state index contributed by atoms with van der Waals surface area (Å²) in [6.07, 6.45) is 6.85. The first-order valence-electron chi connectivity index (χ1n) is 7.44. The molecule has 112 valence electrons. The molecular formula is C16H19ClN2O2. The lowest BCUT2D eigenvalue weighted by Gasteiger charge is -2.20. The fourth-order valence-corrected chi connectivity index (χ4v) is 3.33. The third-order valence-electron chi connectivity index (χ3n) is 4.23. The van der Waals surface area contributed by atoms with Gasteiger partial charge in [-0.25, -0.2) is 9.36 Å². The summed E-state index contributed by atoms with van der Waals surface area (Å²) in [6, 6.07) is 6.92. The zero-order chi connectivity index (χ0) is 14.8. The van der Waals surface area contributed by atoms with Crippen LogP contribution in [0.25, 0.3) is 5.69 Å². The Hall–Kier alpha value is -1.68. The number of hydrogen-bond acceptors (Lipinski definition) is 2. The van der Waals surface area contributed by atoms with Crippen molar-refractivity contribution in [1.82, 2.24) is 9.55 Å². The summed E-state index contributed by atoms with van der Waals surface area (Å²) in [4.78, 5) is 14.9. The van der Waals surface area contributed by atoms with E-state index in [1.165, 1.54) is 36.7 Å². The highest BCUT2D eigenvalue weighted by atomic mass is 35.5. The molecular weight excluding hydrogens is 288 g/mol. The highest BCUT2D eigenvalue weighted by molar-refractivity contribution is 6.30. The van der Waals surface area contributed by atoms with Crippen LogP contribution in [0.15, 0.2) is 29.1 Å². The van der Waals surface area contributed by atoms with Crippen molar-refractivity contribution < 1.29 is 5.11 Å². The number of H-pyrrole nitrogens is 1. The molecule has 2 aromatic rings. The van der Waals surface area contributed by atoms with Crippen molar-refractivity contribution in [3.05, 3.63) is 45.5 Å². The quantitative estimate of drug-likeness (QED) is 0.909. The normalized spacial score (nSPS) is 16.2. The van der Waals surface area contributed by atoms with Crippen LogP contribution in [-0.2, 0) is 6.42 Å². The maximum absolute atomic E-state index is 12.1. The Morgan fingerprint density at radius 1 is 1.29 bits per heavy atom. The van der Waals surface area contributed by atoms with Crippen molar-refractivity contribution in [2.24, 2.45) is 5.92 Å². The molecule has 1 aliphatic rings. The van der Waals surface area contributed by atoms with Crippen LogP contribution in [-0.4, -0.2) is 14.7 Å². The lowest BCUT2D eigenvalue weighted by Crippen LogP contribution is -2.14. The molecule has 5 heteroatoms. The number of nitrogens with zero attached hydrogens (tertiary/aromatic N) is 1. The molecule has 1 aromatic carbocycles. The van der Waals surface area contributed by atoms with Crippen LogP contribution in [0.5, 0.6) is 5.88 Å². The Bertz CT molecular complexity index is 684. The Balaban J connectivity index is 1.91. The number of halogens is 1. The van der Waals surface area contributed by atoms with Gasteiger partial charge in [0.1, 0.15) is 0 Å². The average molecular weight is 307 g/mol. The number of rotatable bonds is 3. The van der Waals surface area contributed by atoms with Gasteiger partial charge < -0.3 is 10.1 Å². The van der Waals surface area contributed by atoms with E-state index in [2.05, 4.69) is 4.98 Å². The first kappa shape index (κ1) is 14.3. The van der Waals surface area contributed by atoms with E-state index in [0.717, 1.165) is 6.42 Å². The number of aromatic hydroxyl groups is 1. The number of hydrogen-bond donors (Lipinski definition) is 2. The van der Waals surface area contributed by atoms with Gasteiger partial charge in [-0.1, -0.05) is 49.8 Å². The summed E-state index contributed by atoms with van der Waals surface area (Å²) in [5.74, 6) is 0.559. The van der Waals surface area contributed by atoms with Crippen LogP contribution in [0.1, 0.15) is 37.8 Å². The molecule has 2 N–H and O–H groups in total. The molecule has 1 heterocycles. The van der Waals surface area contributed by atoms with Crippen molar-refractivity contribution in [2.45, 2.75) is 38.5 Å². The fourth-order valence-electron chi connectivity index (χ4n) is 3.15. The monoisotopic (exact) mass is 306 g/mol. The van der Waals surface area contributed by atoms with Crippen molar-refractivity contribution >= 4 is 11.6 Å². The Labute approximate surface area is 128 Å². The van der Waals surface area contributed by atoms with E-state index in [4.69, 9.17) is 11.6 Å². The smallest absolute Gasteiger partial charge is 0.333 e. The van der Waals surface area contributed by atoms with Gasteiger partial charge in [0.15, 0.2) is 0 Å². The Morgan fingerprint density at radius 2 is 2.05 bits per heavy atom. The molecule has 0 amide bonds. The Kier molecular flexibility index (Phi) is 4.06. The second kappa shape index (κ2) is 5.98. The molecule has 0 unspecified atom stereocenters. The number of aromatic nitrogens is 2. The van der Waals surface area contributed by atoms with Gasteiger partial charge in [-0.05, 0) is 30.5 Å². The topological polar surface area (TPSA) is 58.0 Å². The number of nitrogens with one attached hydrogen (secondary N) is 1. The van der Waals surface area contributed by atoms with Crippen LogP contribution in [0.4, 0.5) is 0 Å². The van der Waals surface area contributed by atoms with Gasteiger partial charge in [-0.3, -0.25) is 0 Å². The molecule has 3 rings (SSSR count). The van der Waals surface area contributed by atoms with Gasteiger partial charge >= 0.3 is 5.69 Å². The lowest BCUT2D eigenvalue weighted by atomic mass is 9.86. The van der Waals surface area contributed by atoms with Crippen molar-refractivity contribution in [3.63, 3.8) is 0 Å². The van der Waals surface area contributed by atoms with Gasteiger partial charge in [0.25, 0.3) is 0 Å². The minimum absolute atomic E-state index is 0.00726. The van der Waals surface area contributed by atoms with E-state index in [0.29, 0.717) is 22.3 Å². The molecule has 1 aromatic heterocycles. The summed E-state index contributed by atoms with van der Waals surface area (Å²) < 4.78 is 1.28. The standard InChI is InChI=1S/C16H19ClN2O2/c17-12-7-4-8-13(10-12)19-15(20)14(18-16(19)21)9-11-5-2-1-3-6-11/h4,7-8,10-11,20H,1-3,5-6,9H2,(H,18,21). The summed E-state index contributed by atoms with van der Waals surface area (Å²) >= 11 is 5.95. The van der Waals surface area contributed by atoms with Crippen LogP contribution < -0.4 is 5.69 Å². The largest absolute Gasteiger partial charge is 0.493 e. The van der Waals surface area contributed by atoms with Gasteiger partial charge in [0, 0.05) is 5.02 Å². The van der Waals surface area contributed by atoms with E-state index in [1.807, 2.05) is 0 Å². The third-order valence-corrected chi connectivity index (χ3v) is 4.46. The highest BCUT2D eigenvalue weighted by Crippen LogP contribution is 2.29. The molecule has 4 nitrogen and oxygen atoms in total. The average Bonchev–Trinajstić information content (AvgIpc) is 2.74. The molecule has 1 saturated carbocycles. The molecule has 1 aliphatic carbocycles. The summed E-state index contributed by atoms with van der Waals surface area (Å²) in [6.45, 7) is 0. The second-order valence-electron chi connectivity index (χ2n) is 5.76. The molecule has 0 spiro atoms. The maximum Gasteiger partial charge on any atom is 0.333 e. The molecule has 0 bridgehead atoms. The predicted octanol–water partition coefficient (Wildman–Crippen LogP) is 3.65. The minimum Gasteiger partial charge on any atom is -0.493 e. The molecule has 0 aliphatic heterocycles. The van der Waals surface area contributed by atoms with Gasteiger partial charge in [0.2, 0.25) is 5.88 Å². The van der Waals surface area contributed by atoms with Crippen LogP contribution in [0.2, 0.25) is 5.02 Å². The van der Waals surface area contributed by atoms with Gasteiger partial charge in [-0.2, -0.15) is 0 Å². The highest BCUT2D eigenvalue weighted by Gasteiger charge is 2.20. The molecule has 0 saturated heterocycles. The van der Waals surface area contributed by atoms with Crippen molar-refractivity contribution in [3.8, 4) is 11.6 Å². The molecule has 0 atom stereocenters. The van der Waals surface area contributed by atoms with Crippen LogP contribution in [0.3, 0.4) is 0 Å². The van der Waals surface area contributed by atoms with Crippen molar-refractivity contribution in [1.29, 1.82) is 0 Å². The van der Waals surface area contributed by atoms with Crippen molar-refractivity contribution in [2.75, 3.05) is 0 Å². The summed E-state index contributed by atoms with van der Waals surface area (Å²) in [7, 11) is 0. The third kappa shape index (κ3) is 3.00. The van der Waals surface area contributed by atoms with E-state index in [-0.39, 0.29) is 11.6 Å². The van der Waals surface area contributed by atoms with E-state index in [9.17, 15) is 9.90 Å². The SMILES string of the molecule is O=c1[nH]c(CC2CCCCC2)c(O)n1-c1cccc(Cl)c1. The van der Waals surface area contributed by atoms with E-state index in [1.54, 1.807) is 24.3 Å².